The Morgan fingerprint density at radius 1 is 1.14 bits per heavy atom. The van der Waals surface area contributed by atoms with Crippen molar-refractivity contribution < 1.29 is 19.1 Å². The number of carbonyl (C=O) groups excluding carboxylic acids is 2. The number of anilines is 1. The zero-order valence-corrected chi connectivity index (χ0v) is 22.8. The average molecular weight is 500 g/mol. The van der Waals surface area contributed by atoms with E-state index in [0.29, 0.717) is 23.1 Å². The molecule has 0 unspecified atom stereocenters. The van der Waals surface area contributed by atoms with E-state index in [1.807, 2.05) is 11.0 Å². The van der Waals surface area contributed by atoms with Gasteiger partial charge in [0.1, 0.15) is 4.88 Å². The zero-order chi connectivity index (χ0) is 25.6. The van der Waals surface area contributed by atoms with Gasteiger partial charge in [-0.1, -0.05) is 24.8 Å². The maximum Gasteiger partial charge on any atom is 0.350 e. The lowest BCUT2D eigenvalue weighted by molar-refractivity contribution is -0.124. The molecule has 0 aromatic carbocycles. The van der Waals surface area contributed by atoms with Crippen LogP contribution in [0.2, 0.25) is 0 Å². The summed E-state index contributed by atoms with van der Waals surface area (Å²) in [7, 11) is 1.39. The number of hydrogen-bond acceptors (Lipinski definition) is 5. The molecule has 0 bridgehead atoms. The molecule has 35 heavy (non-hydrogen) atoms. The minimum atomic E-state index is -0.410. The van der Waals surface area contributed by atoms with Gasteiger partial charge in [-0.05, 0) is 84.1 Å². The third-order valence-electron chi connectivity index (χ3n) is 6.96. The Morgan fingerprint density at radius 3 is 2.37 bits per heavy atom. The van der Waals surface area contributed by atoms with Crippen LogP contribution in [0.1, 0.15) is 93.6 Å². The summed E-state index contributed by atoms with van der Waals surface area (Å²) in [6.45, 7) is 12.7. The molecule has 1 aromatic heterocycles. The lowest BCUT2D eigenvalue weighted by Crippen LogP contribution is -2.47. The van der Waals surface area contributed by atoms with Crippen molar-refractivity contribution in [2.24, 2.45) is 17.3 Å². The SMILES string of the molecule is C=CCOC1CCC(N(C(=O)C2CCC(C)CC2)c2cc(C#CC(C)(C)C)sc2C(=O)OC)CC1. The number of amides is 1. The summed E-state index contributed by atoms with van der Waals surface area (Å²) >= 11 is 1.32. The molecule has 192 valence electrons. The fourth-order valence-corrected chi connectivity index (χ4v) is 5.90. The summed E-state index contributed by atoms with van der Waals surface area (Å²) in [4.78, 5) is 30.1. The fourth-order valence-electron chi connectivity index (χ4n) is 4.98. The largest absolute Gasteiger partial charge is 0.465 e. The lowest BCUT2D eigenvalue weighted by atomic mass is 9.81. The number of carbonyl (C=O) groups is 2. The number of hydrogen-bond donors (Lipinski definition) is 0. The van der Waals surface area contributed by atoms with Gasteiger partial charge in [-0.25, -0.2) is 4.79 Å². The van der Waals surface area contributed by atoms with Gasteiger partial charge in [-0.2, -0.15) is 0 Å². The predicted octanol–water partition coefficient (Wildman–Crippen LogP) is 6.61. The zero-order valence-electron chi connectivity index (χ0n) is 22.0. The molecule has 0 atom stereocenters. The fraction of sp³-hybridized carbons (Fsp3) is 0.655. The molecule has 0 spiro atoms. The van der Waals surface area contributed by atoms with Crippen LogP contribution >= 0.6 is 11.3 Å². The van der Waals surface area contributed by atoms with Crippen LogP contribution < -0.4 is 4.90 Å². The monoisotopic (exact) mass is 499 g/mol. The van der Waals surface area contributed by atoms with Gasteiger partial charge in [0.05, 0.1) is 30.4 Å². The number of ether oxygens (including phenoxy) is 2. The van der Waals surface area contributed by atoms with Crippen LogP contribution in [0.15, 0.2) is 18.7 Å². The van der Waals surface area contributed by atoms with Crippen molar-refractivity contribution in [2.45, 2.75) is 91.2 Å². The second-order valence-electron chi connectivity index (χ2n) is 11.0. The van der Waals surface area contributed by atoms with Crippen LogP contribution in [0.3, 0.4) is 0 Å². The molecular formula is C29H41NO4S. The molecule has 2 aliphatic carbocycles. The highest BCUT2D eigenvalue weighted by molar-refractivity contribution is 7.15. The molecule has 3 rings (SSSR count). The van der Waals surface area contributed by atoms with E-state index in [1.54, 1.807) is 6.08 Å². The van der Waals surface area contributed by atoms with Crippen LogP contribution in [0.25, 0.3) is 0 Å². The topological polar surface area (TPSA) is 55.8 Å². The van der Waals surface area contributed by atoms with Crippen LogP contribution in [0, 0.1) is 29.1 Å². The van der Waals surface area contributed by atoms with Gasteiger partial charge in [0.2, 0.25) is 5.91 Å². The molecule has 1 aromatic rings. The first-order valence-electron chi connectivity index (χ1n) is 12.9. The van der Waals surface area contributed by atoms with E-state index in [4.69, 9.17) is 9.47 Å². The van der Waals surface area contributed by atoms with Crippen LogP contribution in [-0.4, -0.2) is 37.7 Å². The Bertz CT molecular complexity index is 948. The first-order valence-corrected chi connectivity index (χ1v) is 13.8. The Labute approximate surface area is 215 Å². The first-order chi connectivity index (χ1) is 16.6. The predicted molar refractivity (Wildman–Crippen MR) is 143 cm³/mol. The number of nitrogens with zero attached hydrogens (tertiary/aromatic N) is 1. The van der Waals surface area contributed by atoms with Crippen molar-refractivity contribution in [3.05, 3.63) is 28.5 Å². The molecule has 1 amide bonds. The second-order valence-corrected chi connectivity index (χ2v) is 12.1. The summed E-state index contributed by atoms with van der Waals surface area (Å²) in [5, 5.41) is 0. The van der Waals surface area contributed by atoms with Crippen molar-refractivity contribution in [3.8, 4) is 11.8 Å². The molecular weight excluding hydrogens is 458 g/mol. The average Bonchev–Trinajstić information content (AvgIpc) is 3.25. The van der Waals surface area contributed by atoms with E-state index in [9.17, 15) is 9.59 Å². The van der Waals surface area contributed by atoms with Crippen molar-refractivity contribution in [1.29, 1.82) is 0 Å². The summed E-state index contributed by atoms with van der Waals surface area (Å²) in [5.41, 5.74) is 0.507. The highest BCUT2D eigenvalue weighted by Gasteiger charge is 2.37. The van der Waals surface area contributed by atoms with E-state index < -0.39 is 5.97 Å². The second kappa shape index (κ2) is 12.2. The maximum absolute atomic E-state index is 14.0. The van der Waals surface area contributed by atoms with Gasteiger partial charge in [-0.15, -0.1) is 17.9 Å². The molecule has 0 aliphatic heterocycles. The summed E-state index contributed by atoms with van der Waals surface area (Å²) in [5.74, 6) is 6.88. The Morgan fingerprint density at radius 2 is 1.80 bits per heavy atom. The van der Waals surface area contributed by atoms with Crippen molar-refractivity contribution >= 4 is 28.9 Å². The lowest BCUT2D eigenvalue weighted by Gasteiger charge is -2.39. The van der Waals surface area contributed by atoms with Gasteiger partial charge in [-0.3, -0.25) is 4.79 Å². The summed E-state index contributed by atoms with van der Waals surface area (Å²) < 4.78 is 11.0. The Kier molecular flexibility index (Phi) is 9.61. The summed E-state index contributed by atoms with van der Waals surface area (Å²) in [6, 6.07) is 1.96. The van der Waals surface area contributed by atoms with Crippen LogP contribution in [0.4, 0.5) is 5.69 Å². The smallest absolute Gasteiger partial charge is 0.350 e. The molecule has 1 heterocycles. The minimum absolute atomic E-state index is 0.00422. The van der Waals surface area contributed by atoms with Gasteiger partial charge in [0, 0.05) is 17.4 Å². The molecule has 0 N–H and O–H groups in total. The third kappa shape index (κ3) is 7.44. The molecule has 0 radical (unpaired) electrons. The minimum Gasteiger partial charge on any atom is -0.465 e. The molecule has 2 saturated carbocycles. The third-order valence-corrected chi connectivity index (χ3v) is 7.98. The number of esters is 1. The van der Waals surface area contributed by atoms with Gasteiger partial charge >= 0.3 is 5.97 Å². The first kappa shape index (κ1) is 27.5. The van der Waals surface area contributed by atoms with Gasteiger partial charge < -0.3 is 14.4 Å². The van der Waals surface area contributed by atoms with E-state index in [1.165, 1.54) is 18.4 Å². The molecule has 6 heteroatoms. The Balaban J connectivity index is 1.97. The highest BCUT2D eigenvalue weighted by atomic mass is 32.1. The molecule has 5 nitrogen and oxygen atoms in total. The van der Waals surface area contributed by atoms with Crippen LogP contribution in [-0.2, 0) is 14.3 Å². The van der Waals surface area contributed by atoms with Crippen LogP contribution in [0.5, 0.6) is 0 Å². The van der Waals surface area contributed by atoms with Crippen molar-refractivity contribution in [1.82, 2.24) is 0 Å². The standard InChI is InChI=1S/C29H41NO4S/c1-7-18-34-23-14-12-22(13-15-23)30(27(31)21-10-8-20(2)9-11-21)25-19-24(16-17-29(3,4)5)35-26(25)28(32)33-6/h7,19-23H,1,8-15,18H2,2-6H3. The quantitative estimate of drug-likeness (QED) is 0.241. The molecule has 2 aliphatic rings. The van der Waals surface area contributed by atoms with E-state index in [-0.39, 0.29) is 29.4 Å². The van der Waals surface area contributed by atoms with Crippen molar-refractivity contribution in [3.63, 3.8) is 0 Å². The van der Waals surface area contributed by atoms with Gasteiger partial charge in [0.25, 0.3) is 0 Å². The summed E-state index contributed by atoms with van der Waals surface area (Å²) in [6.07, 6.45) is 9.38. The molecule has 2 fully saturated rings. The Hall–Kier alpha value is -2.10. The number of rotatable bonds is 7. The maximum atomic E-state index is 14.0. The number of thiophene rings is 1. The number of methoxy groups -OCH3 is 1. The van der Waals surface area contributed by atoms with E-state index >= 15 is 0 Å². The van der Waals surface area contributed by atoms with E-state index in [2.05, 4.69) is 46.1 Å². The van der Waals surface area contributed by atoms with Crippen molar-refractivity contribution in [2.75, 3.05) is 18.6 Å². The van der Waals surface area contributed by atoms with E-state index in [0.717, 1.165) is 56.2 Å². The normalized spacial score (nSPS) is 24.7. The molecule has 0 saturated heterocycles. The highest BCUT2D eigenvalue weighted by Crippen LogP contribution is 2.39. The van der Waals surface area contributed by atoms with Gasteiger partial charge in [0.15, 0.2) is 0 Å².